The second-order valence-electron chi connectivity index (χ2n) is 5.09. The Labute approximate surface area is 111 Å². The highest BCUT2D eigenvalue weighted by molar-refractivity contribution is 7.17. The zero-order chi connectivity index (χ0) is 12.4. The molecule has 3 heteroatoms. The van der Waals surface area contributed by atoms with E-state index in [0.29, 0.717) is 0 Å². The van der Waals surface area contributed by atoms with E-state index in [1.807, 2.05) is 6.07 Å². The van der Waals surface area contributed by atoms with Crippen LogP contribution in [0.3, 0.4) is 0 Å². The molecule has 1 saturated heterocycles. The van der Waals surface area contributed by atoms with Crippen LogP contribution in [0.25, 0.3) is 10.1 Å². The van der Waals surface area contributed by atoms with E-state index in [9.17, 15) is 4.39 Å². The van der Waals surface area contributed by atoms with Crippen LogP contribution in [0.15, 0.2) is 23.6 Å². The first-order valence-electron chi connectivity index (χ1n) is 6.71. The standard InChI is InChI=1S/C15H18FNS/c16-13-5-6-14-12(11-18-15(14)9-13)10-17-7-3-1-2-4-8-17/h5-6,9,11H,1-4,7-8,10H2. The van der Waals surface area contributed by atoms with Crippen molar-refractivity contribution in [2.75, 3.05) is 13.1 Å². The van der Waals surface area contributed by atoms with E-state index in [1.54, 1.807) is 23.5 Å². The topological polar surface area (TPSA) is 3.24 Å². The van der Waals surface area contributed by atoms with Crippen molar-refractivity contribution in [1.29, 1.82) is 0 Å². The molecule has 1 nitrogen and oxygen atoms in total. The molecule has 0 spiro atoms. The summed E-state index contributed by atoms with van der Waals surface area (Å²) < 4.78 is 14.2. The van der Waals surface area contributed by atoms with Crippen LogP contribution in [0, 0.1) is 5.82 Å². The Morgan fingerprint density at radius 1 is 1.11 bits per heavy atom. The Morgan fingerprint density at radius 2 is 1.89 bits per heavy atom. The highest BCUT2D eigenvalue weighted by Crippen LogP contribution is 2.28. The number of fused-ring (bicyclic) bond motifs is 1. The molecule has 0 saturated carbocycles. The van der Waals surface area contributed by atoms with E-state index in [1.165, 1.54) is 49.7 Å². The lowest BCUT2D eigenvalue weighted by atomic mass is 10.1. The number of nitrogens with zero attached hydrogens (tertiary/aromatic N) is 1. The van der Waals surface area contributed by atoms with E-state index >= 15 is 0 Å². The van der Waals surface area contributed by atoms with Gasteiger partial charge >= 0.3 is 0 Å². The van der Waals surface area contributed by atoms with Gasteiger partial charge < -0.3 is 0 Å². The zero-order valence-electron chi connectivity index (χ0n) is 10.5. The minimum Gasteiger partial charge on any atom is -0.299 e. The van der Waals surface area contributed by atoms with Crippen molar-refractivity contribution in [2.24, 2.45) is 0 Å². The first-order chi connectivity index (χ1) is 8.83. The fourth-order valence-electron chi connectivity index (χ4n) is 2.71. The zero-order valence-corrected chi connectivity index (χ0v) is 11.3. The average Bonchev–Trinajstić information content (AvgIpc) is 2.59. The Bertz CT molecular complexity index is 526. The lowest BCUT2D eigenvalue weighted by Gasteiger charge is -2.19. The fraction of sp³-hybridized carbons (Fsp3) is 0.467. The molecule has 1 aliphatic rings. The first-order valence-corrected chi connectivity index (χ1v) is 7.59. The summed E-state index contributed by atoms with van der Waals surface area (Å²) in [6, 6.07) is 5.14. The smallest absolute Gasteiger partial charge is 0.124 e. The molecule has 0 radical (unpaired) electrons. The third-order valence-corrected chi connectivity index (χ3v) is 4.70. The summed E-state index contributed by atoms with van der Waals surface area (Å²) in [6.07, 6.45) is 5.37. The molecule has 1 fully saturated rings. The minimum atomic E-state index is -0.134. The van der Waals surface area contributed by atoms with Crippen LogP contribution in [-0.2, 0) is 6.54 Å². The molecular formula is C15H18FNS. The molecule has 1 aromatic heterocycles. The Balaban J connectivity index is 1.81. The largest absolute Gasteiger partial charge is 0.299 e. The van der Waals surface area contributed by atoms with Crippen molar-refractivity contribution in [3.63, 3.8) is 0 Å². The van der Waals surface area contributed by atoms with Crippen molar-refractivity contribution < 1.29 is 4.39 Å². The van der Waals surface area contributed by atoms with Gasteiger partial charge in [0.25, 0.3) is 0 Å². The quantitative estimate of drug-likeness (QED) is 0.775. The summed E-state index contributed by atoms with van der Waals surface area (Å²) in [7, 11) is 0. The molecule has 0 N–H and O–H groups in total. The molecule has 1 aromatic carbocycles. The highest BCUT2D eigenvalue weighted by atomic mass is 32.1. The minimum absolute atomic E-state index is 0.134. The van der Waals surface area contributed by atoms with Gasteiger partial charge in [0.15, 0.2) is 0 Å². The third kappa shape index (κ3) is 2.57. The van der Waals surface area contributed by atoms with Gasteiger partial charge in [0.2, 0.25) is 0 Å². The SMILES string of the molecule is Fc1ccc2c(CN3CCCCCC3)csc2c1. The monoisotopic (exact) mass is 263 g/mol. The van der Waals surface area contributed by atoms with E-state index in [4.69, 9.17) is 0 Å². The van der Waals surface area contributed by atoms with Gasteiger partial charge in [0.1, 0.15) is 5.82 Å². The number of rotatable bonds is 2. The van der Waals surface area contributed by atoms with Crippen LogP contribution < -0.4 is 0 Å². The van der Waals surface area contributed by atoms with Gasteiger partial charge in [-0.3, -0.25) is 4.90 Å². The van der Waals surface area contributed by atoms with E-state index in [-0.39, 0.29) is 5.82 Å². The van der Waals surface area contributed by atoms with Crippen molar-refractivity contribution in [3.05, 3.63) is 35.0 Å². The maximum Gasteiger partial charge on any atom is 0.124 e. The summed E-state index contributed by atoms with van der Waals surface area (Å²) in [5.74, 6) is -0.134. The maximum absolute atomic E-state index is 13.2. The normalized spacial score (nSPS) is 18.1. The van der Waals surface area contributed by atoms with Crippen molar-refractivity contribution in [2.45, 2.75) is 32.2 Å². The molecule has 0 atom stereocenters. The summed E-state index contributed by atoms with van der Waals surface area (Å²) in [6.45, 7) is 3.43. The van der Waals surface area contributed by atoms with E-state index < -0.39 is 0 Å². The van der Waals surface area contributed by atoms with Crippen molar-refractivity contribution in [1.82, 2.24) is 4.90 Å². The van der Waals surface area contributed by atoms with Crippen LogP contribution >= 0.6 is 11.3 Å². The second-order valence-corrected chi connectivity index (χ2v) is 6.00. The average molecular weight is 263 g/mol. The van der Waals surface area contributed by atoms with Crippen LogP contribution in [-0.4, -0.2) is 18.0 Å². The number of likely N-dealkylation sites (tertiary alicyclic amines) is 1. The number of thiophene rings is 1. The predicted octanol–water partition coefficient (Wildman–Crippen LogP) is 4.42. The number of benzene rings is 1. The van der Waals surface area contributed by atoms with Crippen LogP contribution in [0.2, 0.25) is 0 Å². The molecule has 0 amide bonds. The van der Waals surface area contributed by atoms with Crippen molar-refractivity contribution >= 4 is 21.4 Å². The van der Waals surface area contributed by atoms with E-state index in [2.05, 4.69) is 10.3 Å². The van der Waals surface area contributed by atoms with Gasteiger partial charge in [-0.2, -0.15) is 0 Å². The van der Waals surface area contributed by atoms with E-state index in [0.717, 1.165) is 11.2 Å². The lowest BCUT2D eigenvalue weighted by Crippen LogP contribution is -2.23. The second kappa shape index (κ2) is 5.37. The van der Waals surface area contributed by atoms with Gasteiger partial charge in [-0.25, -0.2) is 4.39 Å². The van der Waals surface area contributed by atoms with Crippen LogP contribution in [0.1, 0.15) is 31.2 Å². The molecule has 0 bridgehead atoms. The van der Waals surface area contributed by atoms with Gasteiger partial charge in [0, 0.05) is 11.2 Å². The molecule has 96 valence electrons. The Hall–Kier alpha value is -0.930. The lowest BCUT2D eigenvalue weighted by molar-refractivity contribution is 0.278. The van der Waals surface area contributed by atoms with Gasteiger partial charge in [-0.1, -0.05) is 18.9 Å². The molecule has 2 aromatic rings. The Morgan fingerprint density at radius 3 is 2.67 bits per heavy atom. The molecule has 0 aliphatic carbocycles. The fourth-order valence-corrected chi connectivity index (χ4v) is 3.69. The highest BCUT2D eigenvalue weighted by Gasteiger charge is 2.12. The third-order valence-electron chi connectivity index (χ3n) is 3.71. The summed E-state index contributed by atoms with van der Waals surface area (Å²) >= 11 is 1.66. The van der Waals surface area contributed by atoms with Crippen molar-refractivity contribution in [3.8, 4) is 0 Å². The molecule has 2 heterocycles. The number of hydrogen-bond acceptors (Lipinski definition) is 2. The predicted molar refractivity (Wildman–Crippen MR) is 75.5 cm³/mol. The summed E-state index contributed by atoms with van der Waals surface area (Å²) in [4.78, 5) is 2.54. The number of halogens is 1. The molecule has 0 unspecified atom stereocenters. The molecule has 18 heavy (non-hydrogen) atoms. The van der Waals surface area contributed by atoms with Gasteiger partial charge in [0.05, 0.1) is 0 Å². The molecule has 3 rings (SSSR count). The maximum atomic E-state index is 13.2. The van der Waals surface area contributed by atoms with Crippen LogP contribution in [0.5, 0.6) is 0 Å². The first kappa shape index (κ1) is 12.1. The Kier molecular flexibility index (Phi) is 3.62. The van der Waals surface area contributed by atoms with Gasteiger partial charge in [-0.05, 0) is 54.4 Å². The van der Waals surface area contributed by atoms with Gasteiger partial charge in [-0.15, -0.1) is 11.3 Å². The molecule has 1 aliphatic heterocycles. The molecular weight excluding hydrogens is 245 g/mol. The van der Waals surface area contributed by atoms with Crippen LogP contribution in [0.4, 0.5) is 4.39 Å². The summed E-state index contributed by atoms with van der Waals surface area (Å²) in [5.41, 5.74) is 1.36. The summed E-state index contributed by atoms with van der Waals surface area (Å²) in [5, 5.41) is 3.42. The number of hydrogen-bond donors (Lipinski definition) is 0.